The fourth-order valence-electron chi connectivity index (χ4n) is 9.18. The first kappa shape index (κ1) is 74.7. The molecule has 0 bridgehead atoms. The Morgan fingerprint density at radius 2 is 0.778 bits per heavy atom. The molecule has 1 aliphatic rings. The molecular formula is C69H114O12. The maximum atomic E-state index is 13.2. The number of unbranched alkanes of at least 4 members (excludes halogenated alkanes) is 24. The average Bonchev–Trinajstić information content (AvgIpc) is 3.54. The maximum Gasteiger partial charge on any atom is 0.335 e. The normalized spacial score (nSPS) is 18.4. The van der Waals surface area contributed by atoms with Crippen molar-refractivity contribution in [2.45, 2.75) is 302 Å². The van der Waals surface area contributed by atoms with E-state index < -0.39 is 67.3 Å². The molecule has 12 nitrogen and oxygen atoms in total. The maximum absolute atomic E-state index is 13.2. The number of hydrogen-bond acceptors (Lipinski definition) is 11. The van der Waals surface area contributed by atoms with Crippen molar-refractivity contribution >= 4 is 23.9 Å². The Bertz CT molecular complexity index is 1780. The number of allylic oxidation sites excluding steroid dienone is 16. The number of carboxylic acids is 1. The first-order valence-electron chi connectivity index (χ1n) is 32.2. The van der Waals surface area contributed by atoms with E-state index in [-0.39, 0.29) is 25.9 Å². The van der Waals surface area contributed by atoms with E-state index >= 15 is 0 Å². The van der Waals surface area contributed by atoms with Gasteiger partial charge in [-0.1, -0.05) is 221 Å². The van der Waals surface area contributed by atoms with E-state index in [1.165, 1.54) is 83.5 Å². The molecule has 6 unspecified atom stereocenters. The summed E-state index contributed by atoms with van der Waals surface area (Å²) in [6, 6.07) is 0. The van der Waals surface area contributed by atoms with Crippen LogP contribution >= 0.6 is 0 Å². The summed E-state index contributed by atoms with van der Waals surface area (Å²) < 4.78 is 28.5. The summed E-state index contributed by atoms with van der Waals surface area (Å²) in [6.45, 7) is 5.84. The number of aliphatic hydroxyl groups is 2. The number of ether oxygens (including phenoxy) is 5. The minimum Gasteiger partial charge on any atom is -0.479 e. The van der Waals surface area contributed by atoms with Gasteiger partial charge in [0.15, 0.2) is 24.6 Å². The molecule has 0 saturated carbocycles. The molecule has 0 aromatic heterocycles. The van der Waals surface area contributed by atoms with Crippen LogP contribution in [0.2, 0.25) is 0 Å². The van der Waals surface area contributed by atoms with Crippen LogP contribution in [0, 0.1) is 0 Å². The quantitative estimate of drug-likeness (QED) is 0.0228. The van der Waals surface area contributed by atoms with E-state index in [2.05, 4.69) is 118 Å². The van der Waals surface area contributed by atoms with Gasteiger partial charge in [-0.3, -0.25) is 14.4 Å². The predicted molar refractivity (Wildman–Crippen MR) is 331 cm³/mol. The number of hydrogen-bond donors (Lipinski definition) is 3. The largest absolute Gasteiger partial charge is 0.479 e. The molecule has 6 atom stereocenters. The summed E-state index contributed by atoms with van der Waals surface area (Å²) in [5.74, 6) is -3.19. The van der Waals surface area contributed by atoms with Crippen LogP contribution in [-0.4, -0.2) is 89.2 Å². The fraction of sp³-hybridized carbons (Fsp3) is 0.710. The Morgan fingerprint density at radius 1 is 0.420 bits per heavy atom. The second-order valence-corrected chi connectivity index (χ2v) is 21.7. The van der Waals surface area contributed by atoms with Crippen LogP contribution in [0.5, 0.6) is 0 Å². The zero-order valence-corrected chi connectivity index (χ0v) is 51.0. The molecule has 0 amide bonds. The molecule has 3 N–H and O–H groups in total. The van der Waals surface area contributed by atoms with Crippen LogP contribution in [0.4, 0.5) is 0 Å². The van der Waals surface area contributed by atoms with E-state index in [4.69, 9.17) is 23.7 Å². The molecule has 1 saturated heterocycles. The van der Waals surface area contributed by atoms with E-state index in [0.29, 0.717) is 19.3 Å². The molecule has 0 aliphatic carbocycles. The number of carbonyl (C=O) groups excluding carboxylic acids is 3. The lowest BCUT2D eigenvalue weighted by Crippen LogP contribution is -2.61. The third kappa shape index (κ3) is 45.8. The third-order valence-electron chi connectivity index (χ3n) is 14.1. The fourth-order valence-corrected chi connectivity index (χ4v) is 9.18. The van der Waals surface area contributed by atoms with Gasteiger partial charge in [-0.2, -0.15) is 0 Å². The van der Waals surface area contributed by atoms with Crippen molar-refractivity contribution in [3.63, 3.8) is 0 Å². The monoisotopic (exact) mass is 1130 g/mol. The third-order valence-corrected chi connectivity index (χ3v) is 14.1. The van der Waals surface area contributed by atoms with Crippen molar-refractivity contribution in [2.75, 3.05) is 13.2 Å². The number of aliphatic carboxylic acids is 1. The minimum atomic E-state index is -1.92. The Kier molecular flexibility index (Phi) is 51.7. The number of carbonyl (C=O) groups is 4. The molecule has 1 fully saturated rings. The predicted octanol–water partition coefficient (Wildman–Crippen LogP) is 17.2. The second kappa shape index (κ2) is 56.1. The van der Waals surface area contributed by atoms with Crippen molar-refractivity contribution in [3.8, 4) is 0 Å². The first-order valence-corrected chi connectivity index (χ1v) is 32.2. The van der Waals surface area contributed by atoms with Gasteiger partial charge in [-0.25, -0.2) is 4.79 Å². The van der Waals surface area contributed by atoms with E-state index in [9.17, 15) is 34.5 Å². The number of rotatable bonds is 54. The van der Waals surface area contributed by atoms with E-state index in [1.807, 2.05) is 0 Å². The van der Waals surface area contributed by atoms with Crippen LogP contribution in [-0.2, 0) is 42.9 Å². The van der Waals surface area contributed by atoms with Gasteiger partial charge in [-0.15, -0.1) is 0 Å². The van der Waals surface area contributed by atoms with E-state index in [1.54, 1.807) is 0 Å². The molecule has 0 aromatic rings. The van der Waals surface area contributed by atoms with Crippen molar-refractivity contribution in [1.82, 2.24) is 0 Å². The number of aliphatic hydroxyl groups excluding tert-OH is 2. The highest BCUT2D eigenvalue weighted by Crippen LogP contribution is 2.26. The summed E-state index contributed by atoms with van der Waals surface area (Å²) in [5, 5.41) is 31.6. The SMILES string of the molecule is CC/C=C\C/C=C\C/C=C\C/C=C\C/C=C\CCCCCC(=O)OC1C(OCC(COC(=O)CCCCCCCCC/C=C\CCCCCCCC)OC(=O)CCCCCCC/C=C\C/C=C\CCCCC)OC(C(=O)O)C(O)C1O. The van der Waals surface area contributed by atoms with Gasteiger partial charge in [0.05, 0.1) is 6.61 Å². The molecule has 462 valence electrons. The summed E-state index contributed by atoms with van der Waals surface area (Å²) in [5.41, 5.74) is 0. The summed E-state index contributed by atoms with van der Waals surface area (Å²) in [7, 11) is 0. The highest BCUT2D eigenvalue weighted by Gasteiger charge is 2.50. The summed E-state index contributed by atoms with van der Waals surface area (Å²) in [6.07, 6.45) is 62.2. The van der Waals surface area contributed by atoms with Gasteiger partial charge in [0.1, 0.15) is 18.8 Å². The lowest BCUT2D eigenvalue weighted by molar-refractivity contribution is -0.301. The van der Waals surface area contributed by atoms with Crippen LogP contribution < -0.4 is 0 Å². The smallest absolute Gasteiger partial charge is 0.335 e. The Balaban J connectivity index is 2.70. The van der Waals surface area contributed by atoms with E-state index in [0.717, 1.165) is 122 Å². The van der Waals surface area contributed by atoms with Crippen molar-refractivity contribution < 1.29 is 58.2 Å². The van der Waals surface area contributed by atoms with Gasteiger partial charge >= 0.3 is 23.9 Å². The summed E-state index contributed by atoms with van der Waals surface area (Å²) in [4.78, 5) is 51.3. The Morgan fingerprint density at radius 3 is 1.23 bits per heavy atom. The standard InChI is InChI=1S/C69H114O12/c1-4-7-10-13-16-19-22-25-28-30-31-33-36-39-42-45-48-51-54-57-63(72)80-67-65(74)64(73)66(68(75)76)81-69(67)78-59-60(79-62(71)56-53-50-47-44-41-38-34-27-24-21-18-15-12-9-6-3)58-77-61(70)55-52-49-46-43-40-37-35-32-29-26-23-20-17-14-11-8-5-2/h7,10,16,18-19,21,25-29,31,33-34,39,42,60,64-67,69,73-74H,4-6,8-9,11-15,17,20,22-24,30,32,35-38,40-41,43-59H2,1-3H3,(H,75,76)/b10-7-,19-16-,21-18-,28-25-,29-26-,33-31-,34-27-,42-39-. The molecule has 12 heteroatoms. The topological polar surface area (TPSA) is 175 Å². The first-order chi connectivity index (χ1) is 39.6. The van der Waals surface area contributed by atoms with Crippen LogP contribution in [0.25, 0.3) is 0 Å². The number of carboxylic acid groups (broad SMARTS) is 1. The van der Waals surface area contributed by atoms with Gasteiger partial charge in [-0.05, 0) is 122 Å². The molecule has 1 aliphatic heterocycles. The Hall–Kier alpha value is -4.36. The molecule has 0 spiro atoms. The highest BCUT2D eigenvalue weighted by atomic mass is 16.7. The molecule has 1 rings (SSSR count). The zero-order chi connectivity index (χ0) is 58.9. The van der Waals surface area contributed by atoms with Gasteiger partial charge in [0.2, 0.25) is 0 Å². The second-order valence-electron chi connectivity index (χ2n) is 21.7. The molecular weight excluding hydrogens is 1020 g/mol. The van der Waals surface area contributed by atoms with Crippen LogP contribution in [0.3, 0.4) is 0 Å². The molecule has 1 heterocycles. The molecule has 81 heavy (non-hydrogen) atoms. The Labute approximate surface area is 492 Å². The van der Waals surface area contributed by atoms with Gasteiger partial charge < -0.3 is 39.0 Å². The van der Waals surface area contributed by atoms with Crippen LogP contribution in [0.1, 0.15) is 265 Å². The highest BCUT2D eigenvalue weighted by molar-refractivity contribution is 5.74. The van der Waals surface area contributed by atoms with Gasteiger partial charge in [0, 0.05) is 19.3 Å². The lowest BCUT2D eigenvalue weighted by Gasteiger charge is -2.40. The number of esters is 3. The van der Waals surface area contributed by atoms with Crippen molar-refractivity contribution in [2.24, 2.45) is 0 Å². The lowest BCUT2D eigenvalue weighted by atomic mass is 9.98. The average molecular weight is 1140 g/mol. The van der Waals surface area contributed by atoms with Crippen LogP contribution in [0.15, 0.2) is 97.2 Å². The molecule has 0 aromatic carbocycles. The zero-order valence-electron chi connectivity index (χ0n) is 51.0. The summed E-state index contributed by atoms with van der Waals surface area (Å²) >= 11 is 0. The van der Waals surface area contributed by atoms with Crippen molar-refractivity contribution in [3.05, 3.63) is 97.2 Å². The van der Waals surface area contributed by atoms with Gasteiger partial charge in [0.25, 0.3) is 0 Å². The van der Waals surface area contributed by atoms with Crippen molar-refractivity contribution in [1.29, 1.82) is 0 Å². The minimum absolute atomic E-state index is 0.0156. The molecule has 0 radical (unpaired) electrons.